The molecule has 0 N–H and O–H groups in total. The van der Waals surface area contributed by atoms with Crippen molar-refractivity contribution in [3.63, 3.8) is 0 Å². The molecule has 1 heterocycles. The van der Waals surface area contributed by atoms with E-state index in [1.807, 2.05) is 54.6 Å². The smallest absolute Gasteiger partial charge is 0.314 e. The highest BCUT2D eigenvalue weighted by atomic mass is 16.5. The summed E-state index contributed by atoms with van der Waals surface area (Å²) in [6, 6.07) is 13.5. The lowest BCUT2D eigenvalue weighted by Gasteiger charge is -2.27. The molecule has 0 radical (unpaired) electrons. The van der Waals surface area contributed by atoms with Crippen LogP contribution in [0.15, 0.2) is 48.7 Å². The molecule has 0 unspecified atom stereocenters. The average Bonchev–Trinajstić information content (AvgIpc) is 2.73. The van der Waals surface area contributed by atoms with Gasteiger partial charge in [-0.3, -0.25) is 9.78 Å². The molecule has 1 fully saturated rings. The van der Waals surface area contributed by atoms with Gasteiger partial charge >= 0.3 is 5.97 Å². The third-order valence-electron chi connectivity index (χ3n) is 5.38. The van der Waals surface area contributed by atoms with Gasteiger partial charge in [0.15, 0.2) is 0 Å². The summed E-state index contributed by atoms with van der Waals surface area (Å²) in [6.07, 6.45) is 13.9. The van der Waals surface area contributed by atoms with Gasteiger partial charge < -0.3 is 4.74 Å². The molecule has 1 aromatic heterocycles. The molecule has 1 aromatic carbocycles. The van der Waals surface area contributed by atoms with Crippen LogP contribution in [0.3, 0.4) is 0 Å². The van der Waals surface area contributed by atoms with Gasteiger partial charge in [-0.05, 0) is 67.5 Å². The topological polar surface area (TPSA) is 39.2 Å². The molecule has 3 rings (SSSR count). The summed E-state index contributed by atoms with van der Waals surface area (Å²) >= 11 is 0. The van der Waals surface area contributed by atoms with Crippen LogP contribution in [0.4, 0.5) is 0 Å². The Hall–Kier alpha value is -2.42. The molecule has 0 atom stereocenters. The first-order valence-electron chi connectivity index (χ1n) is 10.2. The largest absolute Gasteiger partial charge is 0.426 e. The van der Waals surface area contributed by atoms with Gasteiger partial charge in [0.1, 0.15) is 5.75 Å². The third-order valence-corrected chi connectivity index (χ3v) is 5.38. The van der Waals surface area contributed by atoms with Crippen molar-refractivity contribution in [3.8, 4) is 5.75 Å². The normalized spacial score (nSPS) is 19.9. The van der Waals surface area contributed by atoms with Crippen LogP contribution in [0, 0.1) is 11.8 Å². The Morgan fingerprint density at radius 2 is 1.85 bits per heavy atom. The summed E-state index contributed by atoms with van der Waals surface area (Å²) in [4.78, 5) is 16.7. The summed E-state index contributed by atoms with van der Waals surface area (Å²) in [5.74, 6) is 1.43. The van der Waals surface area contributed by atoms with Gasteiger partial charge in [0, 0.05) is 6.20 Å². The maximum absolute atomic E-state index is 12.4. The summed E-state index contributed by atoms with van der Waals surface area (Å²) in [7, 11) is 0. The second-order valence-electron chi connectivity index (χ2n) is 7.44. The van der Waals surface area contributed by atoms with Crippen molar-refractivity contribution in [2.45, 2.75) is 51.9 Å². The summed E-state index contributed by atoms with van der Waals surface area (Å²) in [5.41, 5.74) is 1.97. The lowest BCUT2D eigenvalue weighted by molar-refractivity contribution is -0.140. The van der Waals surface area contributed by atoms with Gasteiger partial charge in [0.05, 0.1) is 11.6 Å². The van der Waals surface area contributed by atoms with Gasteiger partial charge in [-0.2, -0.15) is 0 Å². The van der Waals surface area contributed by atoms with E-state index in [2.05, 4.69) is 11.9 Å². The molecule has 2 aromatic rings. The molecule has 3 nitrogen and oxygen atoms in total. The fourth-order valence-corrected chi connectivity index (χ4v) is 3.68. The maximum Gasteiger partial charge on any atom is 0.314 e. The molecule has 0 amide bonds. The summed E-state index contributed by atoms with van der Waals surface area (Å²) < 4.78 is 5.61. The van der Waals surface area contributed by atoms with Crippen molar-refractivity contribution in [1.82, 2.24) is 4.98 Å². The van der Waals surface area contributed by atoms with E-state index in [-0.39, 0.29) is 11.9 Å². The standard InChI is InChI=1S/C24H29NO2/c1-2-3-6-19-8-13-21(14-9-19)24(26)27-23-16-11-20(12-17-23)10-15-22-7-4-5-18-25-22/h4-5,7,10-12,15-19,21H,2-3,6,8-9,13-14H2,1H3/b15-10+. The second-order valence-corrected chi connectivity index (χ2v) is 7.44. The van der Waals surface area contributed by atoms with Gasteiger partial charge in [0.25, 0.3) is 0 Å². The van der Waals surface area contributed by atoms with Crippen molar-refractivity contribution in [3.05, 3.63) is 59.9 Å². The van der Waals surface area contributed by atoms with Crippen LogP contribution in [0.2, 0.25) is 0 Å². The second kappa shape index (κ2) is 10.1. The predicted octanol–water partition coefficient (Wildman–Crippen LogP) is 6.15. The number of rotatable bonds is 7. The molecule has 27 heavy (non-hydrogen) atoms. The number of hydrogen-bond acceptors (Lipinski definition) is 3. The number of carbonyl (C=O) groups is 1. The number of carbonyl (C=O) groups excluding carboxylic acids is 1. The first-order valence-corrected chi connectivity index (χ1v) is 10.2. The Bertz CT molecular complexity index is 729. The molecule has 0 spiro atoms. The first kappa shape index (κ1) is 19.3. The number of aromatic nitrogens is 1. The Balaban J connectivity index is 1.48. The first-order chi connectivity index (χ1) is 13.2. The average molecular weight is 364 g/mol. The van der Waals surface area contributed by atoms with Gasteiger partial charge in [-0.1, -0.05) is 50.5 Å². The van der Waals surface area contributed by atoms with Gasteiger partial charge in [-0.15, -0.1) is 0 Å². The molecule has 0 bridgehead atoms. The van der Waals surface area contributed by atoms with Gasteiger partial charge in [0.2, 0.25) is 0 Å². The number of ether oxygens (including phenoxy) is 1. The van der Waals surface area contributed by atoms with Crippen LogP contribution in [-0.2, 0) is 4.79 Å². The number of esters is 1. The van der Waals surface area contributed by atoms with E-state index in [1.165, 1.54) is 19.3 Å². The van der Waals surface area contributed by atoms with Crippen molar-refractivity contribution >= 4 is 18.1 Å². The molecular formula is C24H29NO2. The van der Waals surface area contributed by atoms with E-state index in [0.717, 1.165) is 42.9 Å². The Kier molecular flexibility index (Phi) is 7.20. The Morgan fingerprint density at radius 1 is 1.07 bits per heavy atom. The number of nitrogens with zero attached hydrogens (tertiary/aromatic N) is 1. The van der Waals surface area contributed by atoms with Gasteiger partial charge in [-0.25, -0.2) is 0 Å². The van der Waals surface area contributed by atoms with Crippen LogP contribution in [-0.4, -0.2) is 11.0 Å². The molecule has 3 heteroatoms. The van der Waals surface area contributed by atoms with Crippen LogP contribution in [0.5, 0.6) is 5.75 Å². The minimum Gasteiger partial charge on any atom is -0.426 e. The third kappa shape index (κ3) is 6.06. The van der Waals surface area contributed by atoms with Crippen molar-refractivity contribution in [2.24, 2.45) is 11.8 Å². The molecular weight excluding hydrogens is 334 g/mol. The van der Waals surface area contributed by atoms with Crippen molar-refractivity contribution in [2.75, 3.05) is 0 Å². The maximum atomic E-state index is 12.4. The van der Waals surface area contributed by atoms with E-state index >= 15 is 0 Å². The van der Waals surface area contributed by atoms with E-state index in [9.17, 15) is 4.79 Å². The lowest BCUT2D eigenvalue weighted by atomic mass is 9.80. The van der Waals surface area contributed by atoms with Crippen LogP contribution < -0.4 is 4.74 Å². The zero-order chi connectivity index (χ0) is 18.9. The molecule has 0 aliphatic heterocycles. The number of benzene rings is 1. The minimum absolute atomic E-state index is 0.0617. The van der Waals surface area contributed by atoms with E-state index in [0.29, 0.717) is 5.75 Å². The zero-order valence-corrected chi connectivity index (χ0v) is 16.1. The minimum atomic E-state index is -0.0688. The highest BCUT2D eigenvalue weighted by Gasteiger charge is 2.27. The Morgan fingerprint density at radius 3 is 2.52 bits per heavy atom. The zero-order valence-electron chi connectivity index (χ0n) is 16.1. The highest BCUT2D eigenvalue weighted by Crippen LogP contribution is 2.32. The number of hydrogen-bond donors (Lipinski definition) is 0. The van der Waals surface area contributed by atoms with E-state index in [1.54, 1.807) is 6.20 Å². The molecule has 0 saturated heterocycles. The molecule has 1 aliphatic carbocycles. The highest BCUT2D eigenvalue weighted by molar-refractivity contribution is 5.75. The molecule has 1 saturated carbocycles. The number of unbranched alkanes of at least 4 members (excludes halogenated alkanes) is 1. The SMILES string of the molecule is CCCCC1CCC(C(=O)Oc2ccc(/C=C/c3ccccn3)cc2)CC1. The Labute approximate surface area is 162 Å². The van der Waals surface area contributed by atoms with E-state index < -0.39 is 0 Å². The molecule has 142 valence electrons. The predicted molar refractivity (Wildman–Crippen MR) is 110 cm³/mol. The van der Waals surface area contributed by atoms with Crippen molar-refractivity contribution < 1.29 is 9.53 Å². The fraction of sp³-hybridized carbons (Fsp3) is 0.417. The van der Waals surface area contributed by atoms with E-state index in [4.69, 9.17) is 4.74 Å². The monoisotopic (exact) mass is 363 g/mol. The van der Waals surface area contributed by atoms with Crippen molar-refractivity contribution in [1.29, 1.82) is 0 Å². The summed E-state index contributed by atoms with van der Waals surface area (Å²) in [5, 5.41) is 0. The van der Waals surface area contributed by atoms with Crippen LogP contribution in [0.1, 0.15) is 63.1 Å². The fourth-order valence-electron chi connectivity index (χ4n) is 3.68. The quantitative estimate of drug-likeness (QED) is 0.437. The number of pyridine rings is 1. The lowest BCUT2D eigenvalue weighted by Crippen LogP contribution is -2.25. The van der Waals surface area contributed by atoms with Crippen LogP contribution >= 0.6 is 0 Å². The van der Waals surface area contributed by atoms with Crippen LogP contribution in [0.25, 0.3) is 12.2 Å². The molecule has 1 aliphatic rings. The summed E-state index contributed by atoms with van der Waals surface area (Å²) in [6.45, 7) is 2.24.